The van der Waals surface area contributed by atoms with E-state index in [9.17, 15) is 4.79 Å². The number of fused-ring (bicyclic) bond motifs is 1. The lowest BCUT2D eigenvalue weighted by molar-refractivity contribution is -0.117. The molecule has 1 atom stereocenters. The number of thiazole rings is 1. The molecule has 3 rings (SSSR count). The van der Waals surface area contributed by atoms with Crippen molar-refractivity contribution in [2.75, 3.05) is 25.2 Å². The fourth-order valence-electron chi connectivity index (χ4n) is 2.56. The largest absolute Gasteiger partial charge is 0.324 e. The highest BCUT2D eigenvalue weighted by molar-refractivity contribution is 7.98. The van der Waals surface area contributed by atoms with Gasteiger partial charge >= 0.3 is 0 Å². The van der Waals surface area contributed by atoms with E-state index in [1.165, 1.54) is 4.70 Å². The van der Waals surface area contributed by atoms with Gasteiger partial charge in [-0.15, -0.1) is 23.1 Å². The van der Waals surface area contributed by atoms with E-state index in [2.05, 4.69) is 18.3 Å². The molecule has 0 saturated heterocycles. The Kier molecular flexibility index (Phi) is 5.73. The molecule has 0 saturated carbocycles. The molecule has 3 aromatic rings. The van der Waals surface area contributed by atoms with Crippen molar-refractivity contribution in [2.24, 2.45) is 0 Å². The third kappa shape index (κ3) is 4.21. The van der Waals surface area contributed by atoms with Crippen LogP contribution in [0.1, 0.15) is 18.0 Å². The first-order valence-electron chi connectivity index (χ1n) is 8.07. The van der Waals surface area contributed by atoms with E-state index in [0.29, 0.717) is 6.54 Å². The van der Waals surface area contributed by atoms with Crippen LogP contribution < -0.4 is 5.32 Å². The molecule has 2 aromatic carbocycles. The van der Waals surface area contributed by atoms with Crippen molar-refractivity contribution in [2.45, 2.75) is 17.9 Å². The number of likely N-dealkylation sites (N-methyl/N-ethyl adjacent to an activating group) is 1. The lowest BCUT2D eigenvalue weighted by atomic mass is 10.3. The van der Waals surface area contributed by atoms with Crippen LogP contribution in [0.5, 0.6) is 0 Å². The van der Waals surface area contributed by atoms with Crippen LogP contribution in [0.25, 0.3) is 10.2 Å². The number of hydrogen-bond donors (Lipinski definition) is 1. The highest BCUT2D eigenvalue weighted by atomic mass is 32.2. The Bertz CT molecular complexity index is 845. The summed E-state index contributed by atoms with van der Waals surface area (Å²) in [6.45, 7) is 2.40. The Morgan fingerprint density at radius 3 is 2.72 bits per heavy atom. The molecule has 1 aromatic heterocycles. The van der Waals surface area contributed by atoms with Gasteiger partial charge in [-0.05, 0) is 44.5 Å². The van der Waals surface area contributed by atoms with Gasteiger partial charge in [0.2, 0.25) is 5.91 Å². The number of nitrogens with one attached hydrogen (secondary N) is 1. The maximum Gasteiger partial charge on any atom is 0.238 e. The van der Waals surface area contributed by atoms with E-state index in [1.807, 2.05) is 60.7 Å². The zero-order chi connectivity index (χ0) is 17.8. The number of nitrogens with zero attached hydrogens (tertiary/aromatic N) is 2. The van der Waals surface area contributed by atoms with Gasteiger partial charge in [0.25, 0.3) is 0 Å². The number of hydrogen-bond acceptors (Lipinski definition) is 5. The van der Waals surface area contributed by atoms with Crippen LogP contribution in [0.3, 0.4) is 0 Å². The summed E-state index contributed by atoms with van der Waals surface area (Å²) in [5.41, 5.74) is 1.88. The maximum absolute atomic E-state index is 12.4. The average Bonchev–Trinajstić information content (AvgIpc) is 3.05. The lowest BCUT2D eigenvalue weighted by Gasteiger charge is -2.22. The minimum absolute atomic E-state index is 0.0167. The van der Waals surface area contributed by atoms with E-state index in [0.717, 1.165) is 21.1 Å². The van der Waals surface area contributed by atoms with Crippen molar-refractivity contribution in [1.82, 2.24) is 9.88 Å². The number of rotatable bonds is 6. The van der Waals surface area contributed by atoms with Crippen LogP contribution >= 0.6 is 23.1 Å². The molecule has 1 heterocycles. The molecule has 0 unspecified atom stereocenters. The molecule has 0 radical (unpaired) electrons. The van der Waals surface area contributed by atoms with Crippen molar-refractivity contribution < 1.29 is 4.79 Å². The second-order valence-corrected chi connectivity index (χ2v) is 7.77. The Labute approximate surface area is 156 Å². The molecule has 25 heavy (non-hydrogen) atoms. The average molecular weight is 372 g/mol. The van der Waals surface area contributed by atoms with Crippen molar-refractivity contribution in [3.8, 4) is 0 Å². The van der Waals surface area contributed by atoms with E-state index < -0.39 is 0 Å². The fourth-order valence-corrected chi connectivity index (χ4v) is 4.20. The second kappa shape index (κ2) is 7.99. The van der Waals surface area contributed by atoms with Crippen LogP contribution in [-0.2, 0) is 4.79 Å². The topological polar surface area (TPSA) is 45.2 Å². The molecule has 130 valence electrons. The van der Waals surface area contributed by atoms with Gasteiger partial charge in [0, 0.05) is 4.90 Å². The van der Waals surface area contributed by atoms with Crippen molar-refractivity contribution in [1.29, 1.82) is 0 Å². The van der Waals surface area contributed by atoms with Gasteiger partial charge < -0.3 is 5.32 Å². The van der Waals surface area contributed by atoms with E-state index >= 15 is 0 Å². The molecule has 0 aliphatic carbocycles. The standard InChI is InChI=1S/C19H21N3OS2/c1-13(19-21-15-9-5-7-11-17(15)25-19)22(2)12-18(23)20-14-8-4-6-10-16(14)24-3/h4-11,13H,12H2,1-3H3,(H,20,23)/t13-/m1/s1. The van der Waals surface area contributed by atoms with Crippen LogP contribution in [0.4, 0.5) is 5.69 Å². The Hall–Kier alpha value is -1.89. The van der Waals surface area contributed by atoms with Gasteiger partial charge in [0.1, 0.15) is 5.01 Å². The molecule has 6 heteroatoms. The molecule has 4 nitrogen and oxygen atoms in total. The van der Waals surface area contributed by atoms with Gasteiger partial charge in [-0.2, -0.15) is 0 Å². The predicted molar refractivity (Wildman–Crippen MR) is 108 cm³/mol. The smallest absolute Gasteiger partial charge is 0.238 e. The van der Waals surface area contributed by atoms with Crippen LogP contribution in [-0.4, -0.2) is 35.6 Å². The zero-order valence-corrected chi connectivity index (χ0v) is 16.2. The van der Waals surface area contributed by atoms with E-state index in [1.54, 1.807) is 23.1 Å². The molecular formula is C19H21N3OS2. The summed E-state index contributed by atoms with van der Waals surface area (Å²) < 4.78 is 1.18. The van der Waals surface area contributed by atoms with Crippen molar-refractivity contribution >= 4 is 44.9 Å². The monoisotopic (exact) mass is 371 g/mol. The molecule has 0 bridgehead atoms. The van der Waals surface area contributed by atoms with Gasteiger partial charge in [-0.3, -0.25) is 9.69 Å². The SMILES string of the molecule is CSc1ccccc1NC(=O)CN(C)[C@H](C)c1nc2ccccc2s1. The predicted octanol–water partition coefficient (Wildman–Crippen LogP) is 4.65. The molecule has 1 N–H and O–H groups in total. The summed E-state index contributed by atoms with van der Waals surface area (Å²) in [6, 6.07) is 16.1. The van der Waals surface area contributed by atoms with Crippen LogP contribution in [0.15, 0.2) is 53.4 Å². The normalized spacial score (nSPS) is 12.5. The molecule has 1 amide bonds. The first-order chi connectivity index (χ1) is 12.1. The number of aromatic nitrogens is 1. The van der Waals surface area contributed by atoms with Crippen LogP contribution in [0, 0.1) is 0 Å². The van der Waals surface area contributed by atoms with E-state index in [-0.39, 0.29) is 11.9 Å². The second-order valence-electron chi connectivity index (χ2n) is 5.86. The highest BCUT2D eigenvalue weighted by Crippen LogP contribution is 2.29. The van der Waals surface area contributed by atoms with Crippen molar-refractivity contribution in [3.63, 3.8) is 0 Å². The summed E-state index contributed by atoms with van der Waals surface area (Å²) in [5.74, 6) is -0.0167. The number of carbonyl (C=O) groups excluding carboxylic acids is 1. The minimum atomic E-state index is -0.0167. The first-order valence-corrected chi connectivity index (χ1v) is 10.1. The zero-order valence-electron chi connectivity index (χ0n) is 14.5. The molecule has 0 spiro atoms. The molecular weight excluding hydrogens is 350 g/mol. The molecule has 0 aliphatic rings. The maximum atomic E-state index is 12.4. The lowest BCUT2D eigenvalue weighted by Crippen LogP contribution is -2.32. The summed E-state index contributed by atoms with van der Waals surface area (Å²) in [6.07, 6.45) is 2.01. The Morgan fingerprint density at radius 1 is 1.24 bits per heavy atom. The summed E-state index contributed by atoms with van der Waals surface area (Å²) in [5, 5.41) is 4.04. The number of para-hydroxylation sites is 2. The fraction of sp³-hybridized carbons (Fsp3) is 0.263. The molecule has 0 aliphatic heterocycles. The number of benzene rings is 2. The summed E-state index contributed by atoms with van der Waals surface area (Å²) in [4.78, 5) is 20.2. The minimum Gasteiger partial charge on any atom is -0.324 e. The number of carbonyl (C=O) groups is 1. The summed E-state index contributed by atoms with van der Waals surface area (Å²) in [7, 11) is 1.96. The Morgan fingerprint density at radius 2 is 1.96 bits per heavy atom. The van der Waals surface area contributed by atoms with E-state index in [4.69, 9.17) is 4.98 Å². The first kappa shape index (κ1) is 17.9. The quantitative estimate of drug-likeness (QED) is 0.641. The van der Waals surface area contributed by atoms with Gasteiger partial charge in [-0.25, -0.2) is 4.98 Å². The third-order valence-electron chi connectivity index (χ3n) is 4.10. The van der Waals surface area contributed by atoms with Gasteiger partial charge in [0.15, 0.2) is 0 Å². The molecule has 0 fully saturated rings. The number of thioether (sulfide) groups is 1. The third-order valence-corrected chi connectivity index (χ3v) is 6.11. The van der Waals surface area contributed by atoms with Crippen molar-refractivity contribution in [3.05, 3.63) is 53.5 Å². The van der Waals surface area contributed by atoms with Crippen LogP contribution in [0.2, 0.25) is 0 Å². The van der Waals surface area contributed by atoms with Gasteiger partial charge in [0.05, 0.1) is 28.5 Å². The highest BCUT2D eigenvalue weighted by Gasteiger charge is 2.19. The Balaban J connectivity index is 1.66. The van der Waals surface area contributed by atoms with Gasteiger partial charge in [-0.1, -0.05) is 24.3 Å². The number of amides is 1. The number of anilines is 1. The summed E-state index contributed by atoms with van der Waals surface area (Å²) >= 11 is 3.31.